The van der Waals surface area contributed by atoms with E-state index in [0.717, 1.165) is 6.26 Å². The normalized spacial score (nSPS) is 11.1. The van der Waals surface area contributed by atoms with Gasteiger partial charge in [-0.1, -0.05) is 23.4 Å². The van der Waals surface area contributed by atoms with Crippen LogP contribution in [-0.2, 0) is 14.3 Å². The van der Waals surface area contributed by atoms with Crippen molar-refractivity contribution in [1.82, 2.24) is 0 Å². The van der Waals surface area contributed by atoms with Crippen molar-refractivity contribution in [2.75, 3.05) is 12.9 Å². The Morgan fingerprint density at radius 2 is 2.27 bits per heavy atom. The van der Waals surface area contributed by atoms with Gasteiger partial charge in [-0.15, -0.1) is 0 Å². The highest BCUT2D eigenvalue weighted by Gasteiger charge is 1.96. The lowest BCUT2D eigenvalue weighted by atomic mass is 10.6. The van der Waals surface area contributed by atoms with Crippen LogP contribution in [0.15, 0.2) is 11.6 Å². The van der Waals surface area contributed by atoms with Crippen LogP contribution < -0.4 is 0 Å². The lowest BCUT2D eigenvalue weighted by Crippen LogP contribution is -2.02. The van der Waals surface area contributed by atoms with Crippen LogP contribution in [0.3, 0.4) is 0 Å². The van der Waals surface area contributed by atoms with E-state index in [-0.39, 0.29) is 6.61 Å². The molecule has 0 aromatic rings. The fraction of sp³-hybridized carbons (Fsp3) is 0.333. The molecule has 0 aliphatic rings. The first-order valence-electron chi connectivity index (χ1n) is 2.64. The summed E-state index contributed by atoms with van der Waals surface area (Å²) in [6.07, 6.45) is 2.35. The maximum Gasteiger partial charge on any atom is 0.265 e. The summed E-state index contributed by atoms with van der Waals surface area (Å²) in [6, 6.07) is 0. The van der Waals surface area contributed by atoms with Gasteiger partial charge >= 0.3 is 0 Å². The summed E-state index contributed by atoms with van der Waals surface area (Å²) in [6.45, 7) is -0.139. The third-order valence-corrected chi connectivity index (χ3v) is 1.27. The number of halogens is 1. The van der Waals surface area contributed by atoms with Crippen molar-refractivity contribution >= 4 is 21.7 Å². The Morgan fingerprint density at radius 3 is 2.73 bits per heavy atom. The summed E-state index contributed by atoms with van der Waals surface area (Å²) in [4.78, 5) is 0. The summed E-state index contributed by atoms with van der Waals surface area (Å²) < 4.78 is 25.0. The maximum atomic E-state index is 10.3. The average Bonchev–Trinajstić information content (AvgIpc) is 1.85. The molecule has 0 saturated heterocycles. The summed E-state index contributed by atoms with van der Waals surface area (Å²) in [5, 5.41) is 0. The van der Waals surface area contributed by atoms with E-state index in [0.29, 0.717) is 0 Å². The minimum absolute atomic E-state index is 0.139. The highest BCUT2D eigenvalue weighted by molar-refractivity contribution is 7.85. The molecule has 0 rings (SSSR count). The molecule has 0 saturated carbocycles. The zero-order chi connectivity index (χ0) is 8.74. The largest absolute Gasteiger partial charge is 0.265 e. The molecule has 62 valence electrons. The molecule has 0 atom stereocenters. The summed E-state index contributed by atoms with van der Waals surface area (Å²) in [7, 11) is -3.37. The van der Waals surface area contributed by atoms with Crippen molar-refractivity contribution in [3.8, 4) is 11.8 Å². The highest BCUT2D eigenvalue weighted by Crippen LogP contribution is 1.83. The second kappa shape index (κ2) is 5.19. The summed E-state index contributed by atoms with van der Waals surface area (Å²) >= 11 is 5.13. The fourth-order valence-electron chi connectivity index (χ4n) is 0.269. The van der Waals surface area contributed by atoms with Crippen molar-refractivity contribution in [2.24, 2.45) is 0 Å². The molecular formula is C6H7ClO3S. The predicted octanol–water partition coefficient (Wildman–Crippen LogP) is 0.719. The number of hydrogen-bond acceptors (Lipinski definition) is 3. The topological polar surface area (TPSA) is 43.4 Å². The minimum atomic E-state index is -3.37. The molecule has 3 nitrogen and oxygen atoms in total. The van der Waals surface area contributed by atoms with Gasteiger partial charge < -0.3 is 0 Å². The number of rotatable bonds is 2. The van der Waals surface area contributed by atoms with Gasteiger partial charge in [0.05, 0.1) is 6.26 Å². The van der Waals surface area contributed by atoms with Gasteiger partial charge in [-0.25, -0.2) is 0 Å². The van der Waals surface area contributed by atoms with Gasteiger partial charge in [0.1, 0.15) is 6.61 Å². The lowest BCUT2D eigenvalue weighted by molar-refractivity contribution is 0.368. The van der Waals surface area contributed by atoms with E-state index in [1.807, 2.05) is 0 Å². The van der Waals surface area contributed by atoms with Gasteiger partial charge in [-0.3, -0.25) is 4.18 Å². The van der Waals surface area contributed by atoms with E-state index in [2.05, 4.69) is 16.0 Å². The molecule has 0 radical (unpaired) electrons. The van der Waals surface area contributed by atoms with Crippen LogP contribution in [0.4, 0.5) is 0 Å². The molecule has 0 aliphatic carbocycles. The fourth-order valence-corrected chi connectivity index (χ4v) is 0.605. The van der Waals surface area contributed by atoms with E-state index >= 15 is 0 Å². The Morgan fingerprint density at radius 1 is 1.64 bits per heavy atom. The van der Waals surface area contributed by atoms with E-state index < -0.39 is 10.1 Å². The van der Waals surface area contributed by atoms with Crippen LogP contribution in [-0.4, -0.2) is 21.3 Å². The third kappa shape index (κ3) is 9.50. The standard InChI is InChI=1S/C6H7ClO3S/c1-11(8,9)10-6-4-2-3-5-7/h3,5H,6H2,1H3/b5-3-. The Balaban J connectivity index is 3.70. The quantitative estimate of drug-likeness (QED) is 0.481. The van der Waals surface area contributed by atoms with E-state index in [1.54, 1.807) is 0 Å². The first-order valence-corrected chi connectivity index (χ1v) is 4.89. The van der Waals surface area contributed by atoms with Crippen molar-refractivity contribution in [2.45, 2.75) is 0 Å². The van der Waals surface area contributed by atoms with E-state index in [1.165, 1.54) is 11.6 Å². The molecule has 0 aromatic carbocycles. The summed E-state index contributed by atoms with van der Waals surface area (Å²) in [5.41, 5.74) is 1.23. The van der Waals surface area contributed by atoms with Crippen LogP contribution in [0, 0.1) is 11.8 Å². The molecule has 0 bridgehead atoms. The molecule has 0 aliphatic heterocycles. The average molecular weight is 195 g/mol. The molecule has 0 aromatic heterocycles. The number of hydrogen-bond donors (Lipinski definition) is 0. The summed E-state index contributed by atoms with van der Waals surface area (Å²) in [5.74, 6) is 4.88. The molecule has 0 heterocycles. The van der Waals surface area contributed by atoms with Gasteiger partial charge in [-0.2, -0.15) is 8.42 Å². The highest BCUT2D eigenvalue weighted by atomic mass is 35.5. The Hall–Kier alpha value is -0.500. The monoisotopic (exact) mass is 194 g/mol. The van der Waals surface area contributed by atoms with Crippen molar-refractivity contribution in [3.05, 3.63) is 11.6 Å². The predicted molar refractivity (Wildman–Crippen MR) is 43.6 cm³/mol. The van der Waals surface area contributed by atoms with E-state index in [9.17, 15) is 8.42 Å². The Kier molecular flexibility index (Phi) is 4.95. The van der Waals surface area contributed by atoms with Crippen LogP contribution in [0.25, 0.3) is 0 Å². The molecule has 11 heavy (non-hydrogen) atoms. The van der Waals surface area contributed by atoms with Crippen molar-refractivity contribution < 1.29 is 12.6 Å². The second-order valence-corrected chi connectivity index (χ2v) is 3.48. The zero-order valence-electron chi connectivity index (χ0n) is 5.87. The lowest BCUT2D eigenvalue weighted by Gasteiger charge is -1.90. The van der Waals surface area contributed by atoms with Gasteiger partial charge in [0.25, 0.3) is 10.1 Å². The van der Waals surface area contributed by atoms with Crippen molar-refractivity contribution in [3.63, 3.8) is 0 Å². The van der Waals surface area contributed by atoms with Gasteiger partial charge in [0.15, 0.2) is 0 Å². The molecule has 0 N–H and O–H groups in total. The Bertz CT molecular complexity index is 281. The second-order valence-electron chi connectivity index (χ2n) is 1.58. The van der Waals surface area contributed by atoms with Gasteiger partial charge in [0.2, 0.25) is 0 Å². The number of allylic oxidation sites excluding steroid dienone is 1. The van der Waals surface area contributed by atoms with Crippen LogP contribution >= 0.6 is 11.6 Å². The van der Waals surface area contributed by atoms with E-state index in [4.69, 9.17) is 11.6 Å². The first-order chi connectivity index (χ1) is 5.06. The zero-order valence-corrected chi connectivity index (χ0v) is 7.45. The van der Waals surface area contributed by atoms with Crippen LogP contribution in [0.2, 0.25) is 0 Å². The minimum Gasteiger partial charge on any atom is -0.257 e. The molecule has 0 spiro atoms. The third-order valence-electron chi connectivity index (χ3n) is 0.594. The molecule has 5 heteroatoms. The molecule has 0 unspecified atom stereocenters. The van der Waals surface area contributed by atoms with Crippen LogP contribution in [0.1, 0.15) is 0 Å². The van der Waals surface area contributed by atoms with Gasteiger partial charge in [-0.05, 0) is 6.08 Å². The van der Waals surface area contributed by atoms with Gasteiger partial charge in [0, 0.05) is 5.54 Å². The molecule has 0 amide bonds. The molecule has 0 fully saturated rings. The van der Waals surface area contributed by atoms with Crippen molar-refractivity contribution in [1.29, 1.82) is 0 Å². The SMILES string of the molecule is CS(=O)(=O)OCC#C/C=C\Cl. The van der Waals surface area contributed by atoms with Crippen LogP contribution in [0.5, 0.6) is 0 Å². The smallest absolute Gasteiger partial charge is 0.257 e. The maximum absolute atomic E-state index is 10.3. The first kappa shape index (κ1) is 10.5. The Labute approximate surface area is 71.1 Å². The molecular weight excluding hydrogens is 188 g/mol.